The van der Waals surface area contributed by atoms with E-state index in [0.29, 0.717) is 5.70 Å². The van der Waals surface area contributed by atoms with E-state index in [4.69, 9.17) is 0 Å². The maximum absolute atomic E-state index is 12.1. The summed E-state index contributed by atoms with van der Waals surface area (Å²) in [5.41, 5.74) is 2.77. The van der Waals surface area contributed by atoms with Gasteiger partial charge in [-0.1, -0.05) is 54.2 Å². The van der Waals surface area contributed by atoms with Crippen molar-refractivity contribution in [1.82, 2.24) is 0 Å². The summed E-state index contributed by atoms with van der Waals surface area (Å²) in [6.07, 6.45) is 3.90. The molecule has 23 heavy (non-hydrogen) atoms. The van der Waals surface area contributed by atoms with Crippen LogP contribution in [0.4, 0.5) is 0 Å². The molecule has 1 heterocycles. The molecule has 0 radical (unpaired) electrons. The van der Waals surface area contributed by atoms with E-state index < -0.39 is 0 Å². The molecule has 0 bridgehead atoms. The Morgan fingerprint density at radius 3 is 2.52 bits per heavy atom. The molecule has 0 N–H and O–H groups in total. The van der Waals surface area contributed by atoms with Gasteiger partial charge in [0.1, 0.15) is 10.1 Å². The highest BCUT2D eigenvalue weighted by molar-refractivity contribution is 8.45. The smallest absolute Gasteiger partial charge is 0.244 e. The summed E-state index contributed by atoms with van der Waals surface area (Å²) in [4.78, 5) is 17.8. The van der Waals surface area contributed by atoms with E-state index in [2.05, 4.69) is 29.3 Å². The second-order valence-corrected chi connectivity index (χ2v) is 7.91. The molecule has 0 saturated heterocycles. The summed E-state index contributed by atoms with van der Waals surface area (Å²) < 4.78 is 0.825. The molecule has 3 rings (SSSR count). The first-order valence-electron chi connectivity index (χ1n) is 7.08. The fraction of sp³-hybridized carbons (Fsp3) is 0.111. The highest BCUT2D eigenvalue weighted by Crippen LogP contribution is 2.32. The van der Waals surface area contributed by atoms with Gasteiger partial charge in [0.2, 0.25) is 5.12 Å². The lowest BCUT2D eigenvalue weighted by Gasteiger charge is -1.98. The lowest BCUT2D eigenvalue weighted by atomic mass is 10.2. The Hall–Kier alpha value is -1.43. The molecule has 0 spiro atoms. The Balaban J connectivity index is 1.69. The number of carbonyl (C=O) groups is 1. The number of rotatable bonds is 4. The molecule has 2 aromatic rings. The summed E-state index contributed by atoms with van der Waals surface area (Å²) in [6.45, 7) is 0. The standard InChI is InChI=1S/C18H15NOS3/c1-21-15-9-7-13(8-10-15)11-16-17(20)23-18(19-16)22-12-14-5-3-2-4-6-14/h2-11H,12H2,1H3. The zero-order valence-electron chi connectivity index (χ0n) is 12.6. The Morgan fingerprint density at radius 1 is 1.09 bits per heavy atom. The zero-order chi connectivity index (χ0) is 16.1. The molecular weight excluding hydrogens is 342 g/mol. The highest BCUT2D eigenvalue weighted by Gasteiger charge is 2.22. The SMILES string of the molecule is CSc1ccc(C=C2N=C(SCc3ccccc3)SC2=O)cc1. The van der Waals surface area contributed by atoms with Crippen LogP contribution in [-0.2, 0) is 10.5 Å². The van der Waals surface area contributed by atoms with Crippen molar-refractivity contribution in [3.8, 4) is 0 Å². The lowest BCUT2D eigenvalue weighted by molar-refractivity contribution is -0.107. The molecule has 0 aromatic heterocycles. The average molecular weight is 358 g/mol. The van der Waals surface area contributed by atoms with Crippen LogP contribution in [0.1, 0.15) is 11.1 Å². The summed E-state index contributed by atoms with van der Waals surface area (Å²) in [5.74, 6) is 0.829. The van der Waals surface area contributed by atoms with Gasteiger partial charge >= 0.3 is 0 Å². The van der Waals surface area contributed by atoms with Crippen molar-refractivity contribution in [3.63, 3.8) is 0 Å². The van der Waals surface area contributed by atoms with Crippen molar-refractivity contribution in [2.24, 2.45) is 4.99 Å². The second-order valence-electron chi connectivity index (χ2n) is 4.84. The van der Waals surface area contributed by atoms with E-state index >= 15 is 0 Å². The quantitative estimate of drug-likeness (QED) is 0.548. The van der Waals surface area contributed by atoms with Gasteiger partial charge in [-0.05, 0) is 47.4 Å². The van der Waals surface area contributed by atoms with Gasteiger partial charge in [-0.2, -0.15) is 0 Å². The summed E-state index contributed by atoms with van der Waals surface area (Å²) in [6, 6.07) is 18.4. The van der Waals surface area contributed by atoms with Crippen LogP contribution in [0.5, 0.6) is 0 Å². The monoisotopic (exact) mass is 357 g/mol. The fourth-order valence-corrected chi connectivity index (χ4v) is 4.23. The Kier molecular flexibility index (Phi) is 5.65. The van der Waals surface area contributed by atoms with Crippen LogP contribution in [0, 0.1) is 0 Å². The average Bonchev–Trinajstić information content (AvgIpc) is 2.94. The Morgan fingerprint density at radius 2 is 1.83 bits per heavy atom. The molecule has 0 aliphatic carbocycles. The van der Waals surface area contributed by atoms with Crippen LogP contribution in [0.15, 0.2) is 70.2 Å². The van der Waals surface area contributed by atoms with Crippen LogP contribution >= 0.6 is 35.3 Å². The summed E-state index contributed by atoms with van der Waals surface area (Å²) in [7, 11) is 0. The van der Waals surface area contributed by atoms with Crippen LogP contribution in [0.25, 0.3) is 6.08 Å². The third kappa shape index (κ3) is 4.53. The van der Waals surface area contributed by atoms with E-state index in [-0.39, 0.29) is 5.12 Å². The topological polar surface area (TPSA) is 29.4 Å². The molecule has 0 unspecified atom stereocenters. The number of aliphatic imine (C=N–C) groups is 1. The fourth-order valence-electron chi connectivity index (χ4n) is 2.03. The Labute approximate surface area is 148 Å². The first kappa shape index (κ1) is 16.4. The zero-order valence-corrected chi connectivity index (χ0v) is 15.0. The summed E-state index contributed by atoms with van der Waals surface area (Å²) in [5, 5.41) is 0.0227. The van der Waals surface area contributed by atoms with Gasteiger partial charge in [-0.25, -0.2) is 4.99 Å². The molecule has 0 fully saturated rings. The third-order valence-electron chi connectivity index (χ3n) is 3.23. The molecule has 5 heteroatoms. The molecule has 0 atom stereocenters. The largest absolute Gasteiger partial charge is 0.279 e. The lowest BCUT2D eigenvalue weighted by Crippen LogP contribution is -1.88. The molecule has 1 aliphatic rings. The highest BCUT2D eigenvalue weighted by atomic mass is 32.2. The van der Waals surface area contributed by atoms with Crippen LogP contribution in [0.3, 0.4) is 0 Å². The number of nitrogens with zero attached hydrogens (tertiary/aromatic N) is 1. The van der Waals surface area contributed by atoms with Gasteiger partial charge in [0.15, 0.2) is 0 Å². The minimum Gasteiger partial charge on any atom is -0.279 e. The maximum Gasteiger partial charge on any atom is 0.244 e. The number of hydrogen-bond donors (Lipinski definition) is 0. The van der Waals surface area contributed by atoms with Crippen molar-refractivity contribution in [3.05, 3.63) is 71.4 Å². The van der Waals surface area contributed by atoms with Gasteiger partial charge in [0.05, 0.1) is 0 Å². The van der Waals surface area contributed by atoms with E-state index in [9.17, 15) is 4.79 Å². The van der Waals surface area contributed by atoms with Gasteiger partial charge in [0.25, 0.3) is 0 Å². The van der Waals surface area contributed by atoms with E-state index in [1.807, 2.05) is 42.7 Å². The van der Waals surface area contributed by atoms with E-state index in [1.54, 1.807) is 23.5 Å². The van der Waals surface area contributed by atoms with E-state index in [0.717, 1.165) is 15.7 Å². The van der Waals surface area contributed by atoms with Gasteiger partial charge in [-0.15, -0.1) is 11.8 Å². The Bertz CT molecular complexity index is 752. The third-order valence-corrected chi connectivity index (χ3v) is 6.05. The minimum atomic E-state index is 0.0227. The molecule has 0 amide bonds. The van der Waals surface area contributed by atoms with Gasteiger partial charge in [-0.3, -0.25) is 4.79 Å². The maximum atomic E-state index is 12.1. The van der Waals surface area contributed by atoms with Crippen molar-refractivity contribution < 1.29 is 4.79 Å². The van der Waals surface area contributed by atoms with Gasteiger partial charge in [0, 0.05) is 10.6 Å². The van der Waals surface area contributed by atoms with Crippen molar-refractivity contribution in [2.45, 2.75) is 10.6 Å². The van der Waals surface area contributed by atoms with Crippen LogP contribution in [-0.4, -0.2) is 15.7 Å². The van der Waals surface area contributed by atoms with Crippen LogP contribution < -0.4 is 0 Å². The first-order chi connectivity index (χ1) is 11.2. The first-order valence-corrected chi connectivity index (χ1v) is 10.1. The number of carbonyl (C=O) groups excluding carboxylic acids is 1. The van der Waals surface area contributed by atoms with Crippen molar-refractivity contribution >= 4 is 50.9 Å². The number of hydrogen-bond acceptors (Lipinski definition) is 5. The number of thioether (sulfide) groups is 3. The van der Waals surface area contributed by atoms with Gasteiger partial charge < -0.3 is 0 Å². The van der Waals surface area contributed by atoms with Crippen molar-refractivity contribution in [2.75, 3.05) is 6.26 Å². The van der Waals surface area contributed by atoms with Crippen molar-refractivity contribution in [1.29, 1.82) is 0 Å². The summed E-state index contributed by atoms with van der Waals surface area (Å²) >= 11 is 4.53. The molecule has 0 saturated carbocycles. The predicted octanol–water partition coefficient (Wildman–Crippen LogP) is 5.31. The second kappa shape index (κ2) is 7.90. The molecule has 116 valence electrons. The molecule has 2 aromatic carbocycles. The van der Waals surface area contributed by atoms with E-state index in [1.165, 1.54) is 22.2 Å². The minimum absolute atomic E-state index is 0.0227. The van der Waals surface area contributed by atoms with Crippen LogP contribution in [0.2, 0.25) is 0 Å². The normalized spacial score (nSPS) is 16.0. The predicted molar refractivity (Wildman–Crippen MR) is 104 cm³/mol. The molecule has 2 nitrogen and oxygen atoms in total. The number of benzene rings is 2. The molecular formula is C18H15NOS3. The molecule has 1 aliphatic heterocycles.